The van der Waals surface area contributed by atoms with Crippen LogP contribution in [0.4, 0.5) is 0 Å². The topological polar surface area (TPSA) is 59.0 Å². The first-order chi connectivity index (χ1) is 15.0. The van der Waals surface area contributed by atoms with E-state index in [1.165, 1.54) is 0 Å². The number of hydrogen-bond acceptors (Lipinski definition) is 4. The molecular formula is C26H27NO4. The first-order valence-electron chi connectivity index (χ1n) is 10.4. The Morgan fingerprint density at radius 2 is 1.39 bits per heavy atom. The number of likely N-dealkylation sites (tertiary alicyclic amines) is 1. The highest BCUT2D eigenvalue weighted by Crippen LogP contribution is 2.43. The second kappa shape index (κ2) is 8.82. The summed E-state index contributed by atoms with van der Waals surface area (Å²) in [5.74, 6) is 1.20. The summed E-state index contributed by atoms with van der Waals surface area (Å²) in [5.41, 5.74) is 1.23. The lowest BCUT2D eigenvalue weighted by molar-refractivity contribution is -0.128. The van der Waals surface area contributed by atoms with Gasteiger partial charge in [-0.25, -0.2) is 0 Å². The number of rotatable bonds is 7. The van der Waals surface area contributed by atoms with E-state index in [9.17, 15) is 9.90 Å². The maximum atomic E-state index is 12.9. The SMILES string of the molecule is COc1ccc(C(O)(c2ccc(OC)cc2)C2CC(=O)N(Cc3ccccc3)C2)cc1. The zero-order valence-corrected chi connectivity index (χ0v) is 17.8. The van der Waals surface area contributed by atoms with Crippen molar-refractivity contribution in [1.29, 1.82) is 0 Å². The molecule has 4 rings (SSSR count). The lowest BCUT2D eigenvalue weighted by Crippen LogP contribution is -2.38. The highest BCUT2D eigenvalue weighted by molar-refractivity contribution is 5.79. The van der Waals surface area contributed by atoms with Gasteiger partial charge in [-0.1, -0.05) is 54.6 Å². The summed E-state index contributed by atoms with van der Waals surface area (Å²) in [6.07, 6.45) is 0.279. The monoisotopic (exact) mass is 417 g/mol. The van der Waals surface area contributed by atoms with Crippen molar-refractivity contribution in [1.82, 2.24) is 4.90 Å². The number of methoxy groups -OCH3 is 2. The molecule has 1 aliphatic heterocycles. The number of amides is 1. The number of carbonyl (C=O) groups is 1. The first kappa shape index (κ1) is 20.9. The Morgan fingerprint density at radius 1 is 0.871 bits per heavy atom. The number of nitrogens with zero attached hydrogens (tertiary/aromatic N) is 1. The average molecular weight is 418 g/mol. The molecule has 160 valence electrons. The third-order valence-corrected chi connectivity index (χ3v) is 6.08. The largest absolute Gasteiger partial charge is 0.497 e. The Kier molecular flexibility index (Phi) is 5.96. The van der Waals surface area contributed by atoms with Gasteiger partial charge < -0.3 is 19.5 Å². The average Bonchev–Trinajstić information content (AvgIpc) is 3.19. The van der Waals surface area contributed by atoms with E-state index < -0.39 is 5.60 Å². The van der Waals surface area contributed by atoms with Gasteiger partial charge in [0.15, 0.2) is 0 Å². The molecule has 0 bridgehead atoms. The lowest BCUT2D eigenvalue weighted by Gasteiger charge is -2.35. The second-order valence-corrected chi connectivity index (χ2v) is 7.88. The Hall–Kier alpha value is -3.31. The molecule has 0 aliphatic carbocycles. The van der Waals surface area contributed by atoms with Gasteiger partial charge in [0, 0.05) is 25.4 Å². The van der Waals surface area contributed by atoms with E-state index in [2.05, 4.69) is 0 Å². The van der Waals surface area contributed by atoms with Crippen molar-refractivity contribution in [3.63, 3.8) is 0 Å². The molecule has 5 heteroatoms. The number of hydrogen-bond donors (Lipinski definition) is 1. The van der Waals surface area contributed by atoms with E-state index in [-0.39, 0.29) is 18.2 Å². The fourth-order valence-electron chi connectivity index (χ4n) is 4.34. The Bertz CT molecular complexity index is 968. The molecule has 1 N–H and O–H groups in total. The van der Waals surface area contributed by atoms with Crippen LogP contribution in [-0.2, 0) is 16.9 Å². The van der Waals surface area contributed by atoms with Crippen LogP contribution in [0.25, 0.3) is 0 Å². The highest BCUT2D eigenvalue weighted by atomic mass is 16.5. The molecule has 1 aliphatic rings. The zero-order chi connectivity index (χ0) is 21.8. The van der Waals surface area contributed by atoms with Gasteiger partial charge in [0.2, 0.25) is 5.91 Å². The van der Waals surface area contributed by atoms with E-state index in [1.54, 1.807) is 14.2 Å². The smallest absolute Gasteiger partial charge is 0.223 e. The summed E-state index contributed by atoms with van der Waals surface area (Å²) in [6.45, 7) is 1.01. The molecule has 31 heavy (non-hydrogen) atoms. The van der Waals surface area contributed by atoms with Crippen LogP contribution in [0.1, 0.15) is 23.1 Å². The van der Waals surface area contributed by atoms with Gasteiger partial charge in [-0.15, -0.1) is 0 Å². The van der Waals surface area contributed by atoms with E-state index in [1.807, 2.05) is 83.8 Å². The van der Waals surface area contributed by atoms with Gasteiger partial charge in [0.25, 0.3) is 0 Å². The maximum absolute atomic E-state index is 12.9. The fourth-order valence-corrected chi connectivity index (χ4v) is 4.34. The molecule has 0 aromatic heterocycles. The van der Waals surface area contributed by atoms with Crippen LogP contribution < -0.4 is 9.47 Å². The van der Waals surface area contributed by atoms with Crippen LogP contribution in [0.5, 0.6) is 11.5 Å². The fraction of sp³-hybridized carbons (Fsp3) is 0.269. The summed E-state index contributed by atoms with van der Waals surface area (Å²) >= 11 is 0. The van der Waals surface area contributed by atoms with Crippen molar-refractivity contribution >= 4 is 5.91 Å². The number of ether oxygens (including phenoxy) is 2. The number of carbonyl (C=O) groups excluding carboxylic acids is 1. The highest BCUT2D eigenvalue weighted by Gasteiger charge is 2.46. The number of benzene rings is 3. The maximum Gasteiger partial charge on any atom is 0.223 e. The molecule has 0 saturated carbocycles. The predicted molar refractivity (Wildman–Crippen MR) is 119 cm³/mol. The Balaban J connectivity index is 1.69. The molecule has 0 radical (unpaired) electrons. The molecule has 3 aromatic rings. The summed E-state index contributed by atoms with van der Waals surface area (Å²) in [6, 6.07) is 24.7. The molecule has 1 unspecified atom stereocenters. The van der Waals surface area contributed by atoms with Crippen LogP contribution >= 0.6 is 0 Å². The van der Waals surface area contributed by atoms with Crippen molar-refractivity contribution in [3.05, 3.63) is 95.6 Å². The third kappa shape index (κ3) is 4.14. The van der Waals surface area contributed by atoms with Gasteiger partial charge in [0.1, 0.15) is 17.1 Å². The van der Waals surface area contributed by atoms with E-state index in [4.69, 9.17) is 9.47 Å². The normalized spacial score (nSPS) is 16.4. The summed E-state index contributed by atoms with van der Waals surface area (Å²) < 4.78 is 10.6. The van der Waals surface area contributed by atoms with Crippen molar-refractivity contribution < 1.29 is 19.4 Å². The first-order valence-corrected chi connectivity index (χ1v) is 10.4. The predicted octanol–water partition coefficient (Wildman–Crippen LogP) is 3.99. The molecule has 1 amide bonds. The molecule has 0 spiro atoms. The minimum atomic E-state index is -1.32. The standard InChI is InChI=1S/C26H27NO4/c1-30-23-12-8-20(9-13-23)26(29,21-10-14-24(31-2)15-11-21)22-16-25(28)27(18-22)17-19-6-4-3-5-7-19/h3-15,22,29H,16-18H2,1-2H3. The summed E-state index contributed by atoms with van der Waals surface area (Å²) in [4.78, 5) is 14.7. The quantitative estimate of drug-likeness (QED) is 0.632. The summed E-state index contributed by atoms with van der Waals surface area (Å²) in [7, 11) is 3.23. The van der Waals surface area contributed by atoms with Crippen molar-refractivity contribution in [2.45, 2.75) is 18.6 Å². The van der Waals surface area contributed by atoms with Gasteiger partial charge in [-0.2, -0.15) is 0 Å². The van der Waals surface area contributed by atoms with Crippen LogP contribution in [0.15, 0.2) is 78.9 Å². The van der Waals surface area contributed by atoms with Crippen LogP contribution in [0, 0.1) is 5.92 Å². The Labute approximate surface area is 182 Å². The van der Waals surface area contributed by atoms with E-state index in [0.29, 0.717) is 24.6 Å². The van der Waals surface area contributed by atoms with E-state index >= 15 is 0 Å². The minimum Gasteiger partial charge on any atom is -0.497 e. The van der Waals surface area contributed by atoms with Crippen LogP contribution in [-0.4, -0.2) is 36.7 Å². The van der Waals surface area contributed by atoms with Crippen molar-refractivity contribution in [2.24, 2.45) is 5.92 Å². The van der Waals surface area contributed by atoms with Gasteiger partial charge >= 0.3 is 0 Å². The van der Waals surface area contributed by atoms with Gasteiger partial charge in [-0.05, 0) is 41.0 Å². The van der Waals surface area contributed by atoms with Crippen molar-refractivity contribution in [2.75, 3.05) is 20.8 Å². The van der Waals surface area contributed by atoms with E-state index in [0.717, 1.165) is 16.7 Å². The van der Waals surface area contributed by atoms with Crippen molar-refractivity contribution in [3.8, 4) is 11.5 Å². The molecular weight excluding hydrogens is 390 g/mol. The van der Waals surface area contributed by atoms with Gasteiger partial charge in [0.05, 0.1) is 14.2 Å². The molecule has 3 aromatic carbocycles. The molecule has 1 atom stereocenters. The van der Waals surface area contributed by atoms with Crippen LogP contribution in [0.3, 0.4) is 0 Å². The molecule has 5 nitrogen and oxygen atoms in total. The Morgan fingerprint density at radius 3 is 1.87 bits per heavy atom. The zero-order valence-electron chi connectivity index (χ0n) is 17.8. The molecule has 1 saturated heterocycles. The third-order valence-electron chi connectivity index (χ3n) is 6.08. The molecule has 1 fully saturated rings. The molecule has 1 heterocycles. The minimum absolute atomic E-state index is 0.0503. The number of aliphatic hydroxyl groups is 1. The summed E-state index contributed by atoms with van der Waals surface area (Å²) in [5, 5.41) is 12.1. The van der Waals surface area contributed by atoms with Gasteiger partial charge in [-0.3, -0.25) is 4.79 Å². The van der Waals surface area contributed by atoms with Crippen LogP contribution in [0.2, 0.25) is 0 Å². The second-order valence-electron chi connectivity index (χ2n) is 7.88. The lowest BCUT2D eigenvalue weighted by atomic mass is 9.75.